The molecule has 1 aliphatic rings. The lowest BCUT2D eigenvalue weighted by Gasteiger charge is -2.20. The van der Waals surface area contributed by atoms with Gasteiger partial charge in [0.2, 0.25) is 13.2 Å². The summed E-state index contributed by atoms with van der Waals surface area (Å²) >= 11 is 2.99. The highest BCUT2D eigenvalue weighted by Crippen LogP contribution is 2.35. The maximum absolute atomic E-state index is 14.4. The van der Waals surface area contributed by atoms with E-state index in [-0.39, 0.29) is 31.9 Å². The van der Waals surface area contributed by atoms with Crippen molar-refractivity contribution >= 4 is 47.9 Å². The van der Waals surface area contributed by atoms with E-state index in [0.717, 1.165) is 21.7 Å². The zero-order chi connectivity index (χ0) is 34.8. The van der Waals surface area contributed by atoms with Gasteiger partial charge >= 0.3 is 0 Å². The molecule has 3 aromatic carbocycles. The SMILES string of the molecule is C=Nc1ccc(C(CCSc2nc(C)cc(C(/C=C(\C)F)=C/N(C=O)Cc3ccc4c(c3)OCO4)n2)OCc2ccccc2F)cc1SC. The molecule has 0 bridgehead atoms. The molecule has 1 amide bonds. The van der Waals surface area contributed by atoms with Crippen molar-refractivity contribution in [1.29, 1.82) is 0 Å². The Morgan fingerprint density at radius 2 is 1.94 bits per heavy atom. The Kier molecular flexibility index (Phi) is 12.6. The summed E-state index contributed by atoms with van der Waals surface area (Å²) in [6, 6.07) is 19.6. The number of aliphatic imine (C=N–C) groups is 1. The predicted molar refractivity (Wildman–Crippen MR) is 190 cm³/mol. The molecule has 0 spiro atoms. The number of amides is 1. The minimum absolute atomic E-state index is 0.103. The highest BCUT2D eigenvalue weighted by Gasteiger charge is 2.18. The Labute approximate surface area is 293 Å². The Morgan fingerprint density at radius 1 is 1.12 bits per heavy atom. The van der Waals surface area contributed by atoms with E-state index in [2.05, 4.69) is 16.7 Å². The summed E-state index contributed by atoms with van der Waals surface area (Å²) in [7, 11) is 0. The number of fused-ring (bicyclic) bond motifs is 1. The Hall–Kier alpha value is -4.52. The van der Waals surface area contributed by atoms with Gasteiger partial charge in [-0.2, -0.15) is 0 Å². The largest absolute Gasteiger partial charge is 0.454 e. The van der Waals surface area contributed by atoms with E-state index >= 15 is 0 Å². The number of carbonyl (C=O) groups is 1. The minimum Gasteiger partial charge on any atom is -0.454 e. The first kappa shape index (κ1) is 35.8. The van der Waals surface area contributed by atoms with Gasteiger partial charge in [-0.05, 0) is 86.8 Å². The van der Waals surface area contributed by atoms with Crippen LogP contribution in [0.1, 0.15) is 47.5 Å². The first-order valence-corrected chi connectivity index (χ1v) is 17.6. The number of halogens is 2. The van der Waals surface area contributed by atoms with Crippen LogP contribution >= 0.6 is 23.5 Å². The number of hydrogen-bond donors (Lipinski definition) is 0. The molecule has 0 N–H and O–H groups in total. The number of hydrogen-bond acceptors (Lipinski definition) is 9. The first-order chi connectivity index (χ1) is 23.8. The molecular weight excluding hydrogens is 667 g/mol. The summed E-state index contributed by atoms with van der Waals surface area (Å²) in [4.78, 5) is 28.0. The van der Waals surface area contributed by atoms with Crippen molar-refractivity contribution in [2.45, 2.75) is 49.6 Å². The Bertz CT molecular complexity index is 1870. The number of nitrogens with zero attached hydrogens (tertiary/aromatic N) is 4. The predicted octanol–water partition coefficient (Wildman–Crippen LogP) is 9.02. The normalized spacial score (nSPS) is 13.3. The third-order valence-electron chi connectivity index (χ3n) is 7.48. The topological polar surface area (TPSA) is 86.1 Å². The van der Waals surface area contributed by atoms with Gasteiger partial charge in [-0.3, -0.25) is 9.79 Å². The molecule has 1 aliphatic heterocycles. The fraction of sp³-hybridized carbons (Fsp3) is 0.243. The van der Waals surface area contributed by atoms with Crippen LogP contribution in [0.15, 0.2) is 99.9 Å². The van der Waals surface area contributed by atoms with Gasteiger partial charge in [-0.15, -0.1) is 11.8 Å². The molecule has 0 saturated carbocycles. The lowest BCUT2D eigenvalue weighted by atomic mass is 10.1. The Morgan fingerprint density at radius 3 is 2.69 bits per heavy atom. The fourth-order valence-corrected chi connectivity index (χ4v) is 6.60. The van der Waals surface area contributed by atoms with Crippen molar-refractivity contribution in [1.82, 2.24) is 14.9 Å². The van der Waals surface area contributed by atoms with Crippen LogP contribution in [0, 0.1) is 12.7 Å². The smallest absolute Gasteiger partial charge is 0.231 e. The summed E-state index contributed by atoms with van der Waals surface area (Å²) in [6.07, 6.45) is 5.77. The van der Waals surface area contributed by atoms with Crippen LogP contribution in [0.5, 0.6) is 11.5 Å². The number of rotatable bonds is 16. The zero-order valence-electron chi connectivity index (χ0n) is 27.4. The van der Waals surface area contributed by atoms with Gasteiger partial charge in [0.05, 0.1) is 36.5 Å². The van der Waals surface area contributed by atoms with Crippen molar-refractivity contribution < 1.29 is 27.8 Å². The van der Waals surface area contributed by atoms with Gasteiger partial charge in [0.25, 0.3) is 0 Å². The molecule has 8 nitrogen and oxygen atoms in total. The number of allylic oxidation sites excluding steroid dienone is 3. The van der Waals surface area contributed by atoms with Crippen molar-refractivity contribution in [2.24, 2.45) is 4.99 Å². The molecule has 0 radical (unpaired) electrons. The molecule has 254 valence electrons. The quantitative estimate of drug-likeness (QED) is 0.0376. The summed E-state index contributed by atoms with van der Waals surface area (Å²) in [5.41, 5.74) is 4.56. The lowest BCUT2D eigenvalue weighted by Crippen LogP contribution is -2.15. The standard InChI is InChI=1S/C37H36F2N4O4S2/c1-24(38)15-29(20-43(22-44)19-26-9-12-34-35(17-26)47-23-46-34)32-16-25(2)41-37(42-32)49-14-13-33(45-21-28-7-5-6-8-30(28)39)27-10-11-31(40-3)36(18-27)48-4/h5-12,15-18,20,22,33H,3,13-14,19,21,23H2,1-2,4H3/b24-15+,29-20+. The summed E-state index contributed by atoms with van der Waals surface area (Å²) in [5, 5.41) is 0.489. The van der Waals surface area contributed by atoms with E-state index < -0.39 is 5.83 Å². The van der Waals surface area contributed by atoms with E-state index in [1.807, 2.05) is 43.5 Å². The van der Waals surface area contributed by atoms with E-state index in [4.69, 9.17) is 19.2 Å². The highest BCUT2D eigenvalue weighted by molar-refractivity contribution is 7.99. The fourth-order valence-electron chi connectivity index (χ4n) is 5.12. The van der Waals surface area contributed by atoms with Crippen LogP contribution in [-0.2, 0) is 22.7 Å². The van der Waals surface area contributed by atoms with Crippen LogP contribution in [0.3, 0.4) is 0 Å². The summed E-state index contributed by atoms with van der Waals surface area (Å²) in [6.45, 7) is 7.31. The van der Waals surface area contributed by atoms with Gasteiger partial charge in [0.1, 0.15) is 5.82 Å². The molecule has 1 aromatic heterocycles. The van der Waals surface area contributed by atoms with Gasteiger partial charge in [0, 0.05) is 33.7 Å². The average molecular weight is 703 g/mol. The minimum atomic E-state index is -0.442. The third kappa shape index (κ3) is 9.78. The molecule has 12 heteroatoms. The number of benzene rings is 3. The maximum atomic E-state index is 14.4. The number of ether oxygens (including phenoxy) is 3. The van der Waals surface area contributed by atoms with Crippen molar-refractivity contribution in [3.63, 3.8) is 0 Å². The van der Waals surface area contributed by atoms with Crippen molar-refractivity contribution in [3.05, 3.63) is 119 Å². The maximum Gasteiger partial charge on any atom is 0.231 e. The zero-order valence-corrected chi connectivity index (χ0v) is 29.0. The van der Waals surface area contributed by atoms with Crippen molar-refractivity contribution in [3.8, 4) is 11.5 Å². The second-order valence-corrected chi connectivity index (χ2v) is 13.0. The van der Waals surface area contributed by atoms with E-state index in [0.29, 0.717) is 57.8 Å². The number of carbonyl (C=O) groups excluding carboxylic acids is 1. The second kappa shape index (κ2) is 17.2. The number of thioether (sulfide) groups is 2. The van der Waals surface area contributed by atoms with E-state index in [1.54, 1.807) is 48.3 Å². The van der Waals surface area contributed by atoms with Crippen molar-refractivity contribution in [2.75, 3.05) is 18.8 Å². The lowest BCUT2D eigenvalue weighted by molar-refractivity contribution is -0.116. The summed E-state index contributed by atoms with van der Waals surface area (Å²) in [5.74, 6) is 1.06. The Balaban J connectivity index is 1.34. The van der Waals surface area contributed by atoms with E-state index in [1.165, 1.54) is 35.7 Å². The molecule has 5 rings (SSSR count). The van der Waals surface area contributed by atoms with E-state index in [9.17, 15) is 13.6 Å². The van der Waals surface area contributed by atoms with Crippen LogP contribution in [0.25, 0.3) is 5.57 Å². The first-order valence-electron chi connectivity index (χ1n) is 15.4. The third-order valence-corrected chi connectivity index (χ3v) is 9.13. The van der Waals surface area contributed by atoms with Gasteiger partial charge in [-0.1, -0.05) is 42.1 Å². The molecule has 0 aliphatic carbocycles. The molecule has 1 unspecified atom stereocenters. The average Bonchev–Trinajstić information content (AvgIpc) is 3.57. The van der Waals surface area contributed by atoms with Gasteiger partial charge < -0.3 is 19.1 Å². The summed E-state index contributed by atoms with van der Waals surface area (Å²) < 4.78 is 45.9. The molecule has 4 aromatic rings. The highest BCUT2D eigenvalue weighted by atomic mass is 32.2. The van der Waals surface area contributed by atoms with Crippen LogP contribution < -0.4 is 9.47 Å². The number of aryl methyl sites for hydroxylation is 1. The molecule has 1 atom stereocenters. The molecule has 2 heterocycles. The molecular formula is C37H36F2N4O4S2. The van der Waals surface area contributed by atoms with Crippen LogP contribution in [0.2, 0.25) is 0 Å². The van der Waals surface area contributed by atoms with Crippen LogP contribution in [-0.4, -0.2) is 46.8 Å². The second-order valence-electron chi connectivity index (χ2n) is 11.1. The monoisotopic (exact) mass is 702 g/mol. The van der Waals surface area contributed by atoms with Crippen LogP contribution in [0.4, 0.5) is 14.5 Å². The number of aromatic nitrogens is 2. The van der Waals surface area contributed by atoms with Gasteiger partial charge in [0.15, 0.2) is 16.7 Å². The van der Waals surface area contributed by atoms with Gasteiger partial charge in [-0.25, -0.2) is 18.7 Å². The molecule has 0 fully saturated rings. The molecule has 0 saturated heterocycles. The molecule has 49 heavy (non-hydrogen) atoms.